The Bertz CT molecular complexity index is 612. The van der Waals surface area contributed by atoms with Crippen LogP contribution in [0.15, 0.2) is 39.3 Å². The molecule has 0 atom stereocenters. The molecule has 6 heteroatoms. The van der Waals surface area contributed by atoms with E-state index in [2.05, 4.69) is 37.2 Å². The maximum Gasteiger partial charge on any atom is 0.147 e. The van der Waals surface area contributed by atoms with Gasteiger partial charge < -0.3 is 10.1 Å². The van der Waals surface area contributed by atoms with E-state index in [1.54, 1.807) is 13.2 Å². The Morgan fingerprint density at radius 2 is 1.80 bits per heavy atom. The zero-order chi connectivity index (χ0) is 14.7. The summed E-state index contributed by atoms with van der Waals surface area (Å²) in [4.78, 5) is 0. The van der Waals surface area contributed by atoms with Gasteiger partial charge in [0.05, 0.1) is 31.8 Å². The molecule has 0 bridgehead atoms. The van der Waals surface area contributed by atoms with Crippen molar-refractivity contribution in [3.8, 4) is 5.75 Å². The normalized spacial score (nSPS) is 10.4. The SMILES string of the molecule is COc1c(Br)cc(CNc2cccc(Cl)c2Cl)cc1Br. The largest absolute Gasteiger partial charge is 0.494 e. The highest BCUT2D eigenvalue weighted by Crippen LogP contribution is 2.35. The van der Waals surface area contributed by atoms with Gasteiger partial charge in [0.1, 0.15) is 5.75 Å². The van der Waals surface area contributed by atoms with E-state index in [0.717, 1.165) is 25.9 Å². The first kappa shape index (κ1) is 16.0. The average Bonchev–Trinajstić information content (AvgIpc) is 2.40. The number of hydrogen-bond donors (Lipinski definition) is 1. The van der Waals surface area contributed by atoms with Gasteiger partial charge in [0.15, 0.2) is 0 Å². The summed E-state index contributed by atoms with van der Waals surface area (Å²) in [7, 11) is 1.63. The second-order valence-electron chi connectivity index (χ2n) is 4.05. The van der Waals surface area contributed by atoms with E-state index in [4.69, 9.17) is 27.9 Å². The van der Waals surface area contributed by atoms with Gasteiger partial charge in [0.25, 0.3) is 0 Å². The highest BCUT2D eigenvalue weighted by Gasteiger charge is 2.09. The molecule has 0 fully saturated rings. The number of nitrogens with one attached hydrogen (secondary N) is 1. The van der Waals surface area contributed by atoms with Gasteiger partial charge in [-0.05, 0) is 61.7 Å². The van der Waals surface area contributed by atoms with Gasteiger partial charge in [0, 0.05) is 6.54 Å². The van der Waals surface area contributed by atoms with Gasteiger partial charge in [-0.15, -0.1) is 0 Å². The Kier molecular flexibility index (Phi) is 5.61. The molecule has 2 nitrogen and oxygen atoms in total. The molecule has 0 radical (unpaired) electrons. The third kappa shape index (κ3) is 3.61. The van der Waals surface area contributed by atoms with Crippen LogP contribution in [0.4, 0.5) is 5.69 Å². The molecule has 0 amide bonds. The first-order valence-electron chi connectivity index (χ1n) is 5.72. The lowest BCUT2D eigenvalue weighted by Gasteiger charge is -2.12. The molecule has 2 aromatic carbocycles. The standard InChI is InChI=1S/C14H11Br2Cl2NO/c1-20-14-9(15)5-8(6-10(14)16)7-19-12-4-2-3-11(17)13(12)18/h2-6,19H,7H2,1H3. The first-order valence-corrected chi connectivity index (χ1v) is 8.07. The van der Waals surface area contributed by atoms with Crippen molar-refractivity contribution < 1.29 is 4.74 Å². The van der Waals surface area contributed by atoms with Crippen LogP contribution in [-0.2, 0) is 6.54 Å². The summed E-state index contributed by atoms with van der Waals surface area (Å²) in [6.07, 6.45) is 0. The topological polar surface area (TPSA) is 21.3 Å². The number of hydrogen-bond acceptors (Lipinski definition) is 2. The van der Waals surface area contributed by atoms with E-state index in [0.29, 0.717) is 16.6 Å². The molecule has 0 heterocycles. The lowest BCUT2D eigenvalue weighted by molar-refractivity contribution is 0.409. The van der Waals surface area contributed by atoms with E-state index in [1.165, 1.54) is 0 Å². The molecule has 0 aromatic heterocycles. The third-order valence-corrected chi connectivity index (χ3v) is 4.69. The van der Waals surface area contributed by atoms with Gasteiger partial charge in [-0.25, -0.2) is 0 Å². The summed E-state index contributed by atoms with van der Waals surface area (Å²) in [6, 6.07) is 9.50. The summed E-state index contributed by atoms with van der Waals surface area (Å²) < 4.78 is 7.06. The van der Waals surface area contributed by atoms with E-state index >= 15 is 0 Å². The minimum Gasteiger partial charge on any atom is -0.494 e. The summed E-state index contributed by atoms with van der Waals surface area (Å²) in [5.74, 6) is 0.773. The molecular formula is C14H11Br2Cl2NO. The number of rotatable bonds is 4. The molecule has 0 saturated heterocycles. The highest BCUT2D eigenvalue weighted by atomic mass is 79.9. The maximum atomic E-state index is 6.14. The van der Waals surface area contributed by atoms with Crippen LogP contribution in [-0.4, -0.2) is 7.11 Å². The molecule has 0 aliphatic carbocycles. The predicted octanol–water partition coefficient (Wildman–Crippen LogP) is 6.14. The van der Waals surface area contributed by atoms with Crippen LogP contribution >= 0.6 is 55.1 Å². The van der Waals surface area contributed by atoms with E-state index in [-0.39, 0.29) is 0 Å². The molecule has 0 aliphatic rings. The minimum absolute atomic E-state index is 0.529. The molecular weight excluding hydrogens is 429 g/mol. The Morgan fingerprint density at radius 3 is 2.40 bits per heavy atom. The molecule has 106 valence electrons. The highest BCUT2D eigenvalue weighted by molar-refractivity contribution is 9.11. The van der Waals surface area contributed by atoms with Crippen molar-refractivity contribution in [3.63, 3.8) is 0 Å². The number of benzene rings is 2. The predicted molar refractivity (Wildman–Crippen MR) is 92.2 cm³/mol. The zero-order valence-electron chi connectivity index (χ0n) is 10.5. The number of methoxy groups -OCH3 is 1. The minimum atomic E-state index is 0.529. The van der Waals surface area contributed by atoms with Gasteiger partial charge in [-0.1, -0.05) is 29.3 Å². The monoisotopic (exact) mass is 437 g/mol. The van der Waals surface area contributed by atoms with E-state index in [9.17, 15) is 0 Å². The second-order valence-corrected chi connectivity index (χ2v) is 6.54. The van der Waals surface area contributed by atoms with Crippen LogP contribution in [0.2, 0.25) is 10.0 Å². The summed E-state index contributed by atoms with van der Waals surface area (Å²) >= 11 is 19.1. The Hall–Kier alpha value is -0.420. The molecule has 0 saturated carbocycles. The molecule has 20 heavy (non-hydrogen) atoms. The third-order valence-electron chi connectivity index (χ3n) is 2.70. The van der Waals surface area contributed by atoms with Gasteiger partial charge >= 0.3 is 0 Å². The molecule has 2 rings (SSSR count). The van der Waals surface area contributed by atoms with Crippen LogP contribution in [0, 0.1) is 0 Å². The average molecular weight is 440 g/mol. The number of ether oxygens (including phenoxy) is 1. The van der Waals surface area contributed by atoms with Crippen molar-refractivity contribution in [2.24, 2.45) is 0 Å². The van der Waals surface area contributed by atoms with Crippen molar-refractivity contribution in [1.82, 2.24) is 0 Å². The number of halogens is 4. The molecule has 0 spiro atoms. The van der Waals surface area contributed by atoms with Crippen LogP contribution in [0.3, 0.4) is 0 Å². The Balaban J connectivity index is 2.17. The van der Waals surface area contributed by atoms with Crippen molar-refractivity contribution >= 4 is 60.7 Å². The van der Waals surface area contributed by atoms with Gasteiger partial charge in [-0.2, -0.15) is 0 Å². The molecule has 0 aliphatic heterocycles. The van der Waals surface area contributed by atoms with Crippen molar-refractivity contribution in [1.29, 1.82) is 0 Å². The first-order chi connectivity index (χ1) is 9.52. The Morgan fingerprint density at radius 1 is 1.15 bits per heavy atom. The Labute approximate surface area is 144 Å². The summed E-state index contributed by atoms with van der Waals surface area (Å²) in [5.41, 5.74) is 1.89. The quantitative estimate of drug-likeness (QED) is 0.617. The fourth-order valence-corrected chi connectivity index (χ4v) is 3.72. The van der Waals surface area contributed by atoms with Crippen LogP contribution < -0.4 is 10.1 Å². The summed E-state index contributed by atoms with van der Waals surface area (Å²) in [6.45, 7) is 0.626. The molecule has 1 N–H and O–H groups in total. The van der Waals surface area contributed by atoms with Gasteiger partial charge in [0.2, 0.25) is 0 Å². The van der Waals surface area contributed by atoms with E-state index < -0.39 is 0 Å². The number of anilines is 1. The van der Waals surface area contributed by atoms with Crippen LogP contribution in [0.1, 0.15) is 5.56 Å². The molecule has 0 unspecified atom stereocenters. The zero-order valence-corrected chi connectivity index (χ0v) is 15.2. The summed E-state index contributed by atoms with van der Waals surface area (Å²) in [5, 5.41) is 4.33. The fourth-order valence-electron chi connectivity index (χ4n) is 1.75. The van der Waals surface area contributed by atoms with E-state index in [1.807, 2.05) is 24.3 Å². The maximum absolute atomic E-state index is 6.14. The second kappa shape index (κ2) is 7.03. The lowest BCUT2D eigenvalue weighted by Crippen LogP contribution is -2.01. The smallest absolute Gasteiger partial charge is 0.147 e. The van der Waals surface area contributed by atoms with Crippen molar-refractivity contribution in [3.05, 3.63) is 54.9 Å². The van der Waals surface area contributed by atoms with Crippen molar-refractivity contribution in [2.75, 3.05) is 12.4 Å². The van der Waals surface area contributed by atoms with Crippen molar-refractivity contribution in [2.45, 2.75) is 6.54 Å². The van der Waals surface area contributed by atoms with Crippen LogP contribution in [0.5, 0.6) is 5.75 Å². The molecule has 2 aromatic rings. The lowest BCUT2D eigenvalue weighted by atomic mass is 10.2. The van der Waals surface area contributed by atoms with Crippen LogP contribution in [0.25, 0.3) is 0 Å². The van der Waals surface area contributed by atoms with Gasteiger partial charge in [-0.3, -0.25) is 0 Å². The fraction of sp³-hybridized carbons (Fsp3) is 0.143.